The smallest absolute Gasteiger partial charge is 0.387 e. The molecule has 0 amide bonds. The average Bonchev–Trinajstić information content (AvgIpc) is 2.16. The van der Waals surface area contributed by atoms with Crippen LogP contribution in [-0.4, -0.2) is 29.4 Å². The first-order valence-corrected chi connectivity index (χ1v) is 6.73. The van der Waals surface area contributed by atoms with E-state index in [0.29, 0.717) is 5.54 Å². The predicted octanol–water partition coefficient (Wildman–Crippen LogP) is 2.96. The van der Waals surface area contributed by atoms with Gasteiger partial charge in [-0.1, -0.05) is 13.3 Å². The first kappa shape index (κ1) is 13.4. The second kappa shape index (κ2) is 9.00. The van der Waals surface area contributed by atoms with Crippen LogP contribution >= 0.6 is 11.6 Å². The van der Waals surface area contributed by atoms with Crippen LogP contribution in [0.1, 0.15) is 32.6 Å². The summed E-state index contributed by atoms with van der Waals surface area (Å²) < 4.78 is 10.7. The zero-order chi connectivity index (χ0) is 10.1. The van der Waals surface area contributed by atoms with E-state index in [-0.39, 0.29) is 0 Å². The van der Waals surface area contributed by atoms with E-state index >= 15 is 0 Å². The Morgan fingerprint density at radius 2 is 1.85 bits per heavy atom. The molecule has 0 aromatic rings. The van der Waals surface area contributed by atoms with Crippen molar-refractivity contribution in [1.82, 2.24) is 0 Å². The Kier molecular flexibility index (Phi) is 9.30. The molecule has 0 N–H and O–H groups in total. The van der Waals surface area contributed by atoms with Gasteiger partial charge in [0.2, 0.25) is 0 Å². The molecule has 0 rings (SSSR count). The maximum absolute atomic E-state index is 5.67. The van der Waals surface area contributed by atoms with Crippen molar-refractivity contribution >= 4 is 20.9 Å². The predicted molar refractivity (Wildman–Crippen MR) is 58.4 cm³/mol. The van der Waals surface area contributed by atoms with Gasteiger partial charge in [0, 0.05) is 25.6 Å². The topological polar surface area (TPSA) is 18.5 Å². The van der Waals surface area contributed by atoms with Gasteiger partial charge in [0.1, 0.15) is 0 Å². The average molecular weight is 224 g/mol. The molecular weight excluding hydrogens is 204 g/mol. The highest BCUT2D eigenvalue weighted by molar-refractivity contribution is 6.46. The largest absolute Gasteiger partial charge is 0.397 e. The van der Waals surface area contributed by atoms with Crippen molar-refractivity contribution in [3.05, 3.63) is 0 Å². The molecule has 0 spiro atoms. The Morgan fingerprint density at radius 1 is 1.23 bits per heavy atom. The van der Waals surface area contributed by atoms with Crippen LogP contribution in [0.15, 0.2) is 0 Å². The zero-order valence-electron chi connectivity index (χ0n) is 8.81. The number of hydrogen-bond donors (Lipinski definition) is 0. The van der Waals surface area contributed by atoms with Crippen molar-refractivity contribution < 1.29 is 8.85 Å². The maximum Gasteiger partial charge on any atom is 0.387 e. The lowest BCUT2D eigenvalue weighted by Crippen LogP contribution is -2.26. The molecule has 0 aliphatic carbocycles. The molecular formula is C9H20ClO2Si. The minimum absolute atomic E-state index is 0.587. The standard InChI is InChI=1S/C9H20ClO2Si/c1-4-6-9(7-5-8-10)13(11-2)12-3/h9H,4-8H2,1-3H3. The molecule has 1 atom stereocenters. The van der Waals surface area contributed by atoms with Gasteiger partial charge in [-0.2, -0.15) is 0 Å². The van der Waals surface area contributed by atoms with Gasteiger partial charge < -0.3 is 8.85 Å². The summed E-state index contributed by atoms with van der Waals surface area (Å²) in [5, 5.41) is 0. The fraction of sp³-hybridized carbons (Fsp3) is 1.00. The van der Waals surface area contributed by atoms with E-state index in [4.69, 9.17) is 20.5 Å². The summed E-state index contributed by atoms with van der Waals surface area (Å²) in [5.74, 6) is 0.739. The minimum Gasteiger partial charge on any atom is -0.397 e. The van der Waals surface area contributed by atoms with E-state index in [0.717, 1.165) is 18.7 Å². The Labute approximate surface area is 88.4 Å². The van der Waals surface area contributed by atoms with Crippen LogP contribution in [-0.2, 0) is 8.85 Å². The SMILES string of the molecule is CCCC(CCCCl)[Si](OC)OC. The molecule has 0 aliphatic heterocycles. The summed E-state index contributed by atoms with van der Waals surface area (Å²) in [6.45, 7) is 2.19. The van der Waals surface area contributed by atoms with Crippen LogP contribution in [0.25, 0.3) is 0 Å². The first-order valence-electron chi connectivity index (χ1n) is 4.80. The number of hydrogen-bond acceptors (Lipinski definition) is 2. The van der Waals surface area contributed by atoms with Gasteiger partial charge >= 0.3 is 9.28 Å². The molecule has 1 unspecified atom stereocenters. The highest BCUT2D eigenvalue weighted by atomic mass is 35.5. The molecule has 0 saturated heterocycles. The highest BCUT2D eigenvalue weighted by Gasteiger charge is 2.24. The molecule has 0 aliphatic rings. The third kappa shape index (κ3) is 5.68. The molecule has 1 radical (unpaired) electrons. The summed E-state index contributed by atoms with van der Waals surface area (Å²) in [6.07, 6.45) is 4.57. The summed E-state index contributed by atoms with van der Waals surface area (Å²) in [4.78, 5) is 0. The van der Waals surface area contributed by atoms with E-state index in [2.05, 4.69) is 6.92 Å². The highest BCUT2D eigenvalue weighted by Crippen LogP contribution is 2.24. The summed E-state index contributed by atoms with van der Waals surface area (Å²) in [5.41, 5.74) is 0.587. The molecule has 0 heterocycles. The van der Waals surface area contributed by atoms with Crippen molar-refractivity contribution in [2.45, 2.75) is 38.1 Å². The summed E-state index contributed by atoms with van der Waals surface area (Å²) in [7, 11) is 2.42. The molecule has 0 saturated carbocycles. The van der Waals surface area contributed by atoms with Gasteiger partial charge in [-0.15, -0.1) is 11.6 Å². The van der Waals surface area contributed by atoms with Crippen LogP contribution in [0.2, 0.25) is 5.54 Å². The Balaban J connectivity index is 3.88. The Morgan fingerprint density at radius 3 is 2.23 bits per heavy atom. The summed E-state index contributed by atoms with van der Waals surface area (Å²) >= 11 is 5.67. The zero-order valence-corrected chi connectivity index (χ0v) is 10.6. The lowest BCUT2D eigenvalue weighted by Gasteiger charge is -2.20. The fourth-order valence-electron chi connectivity index (χ4n) is 1.47. The quantitative estimate of drug-likeness (QED) is 0.465. The Bertz CT molecular complexity index is 110. The molecule has 4 heteroatoms. The normalized spacial score (nSPS) is 13.6. The number of alkyl halides is 1. The second-order valence-corrected chi connectivity index (χ2v) is 5.69. The van der Waals surface area contributed by atoms with E-state index in [1.54, 1.807) is 14.2 Å². The number of halogens is 1. The van der Waals surface area contributed by atoms with Crippen LogP contribution < -0.4 is 0 Å². The minimum atomic E-state index is -1.06. The molecule has 79 valence electrons. The van der Waals surface area contributed by atoms with Crippen LogP contribution in [0.5, 0.6) is 0 Å². The van der Waals surface area contributed by atoms with E-state index in [1.165, 1.54) is 12.8 Å². The van der Waals surface area contributed by atoms with E-state index in [1.807, 2.05) is 0 Å². The Hall–Kier alpha value is 0.427. The van der Waals surface area contributed by atoms with Crippen molar-refractivity contribution in [3.8, 4) is 0 Å². The van der Waals surface area contributed by atoms with Gasteiger partial charge in [0.15, 0.2) is 0 Å². The van der Waals surface area contributed by atoms with Gasteiger partial charge in [0.05, 0.1) is 0 Å². The first-order chi connectivity index (χ1) is 6.29. The third-order valence-electron chi connectivity index (χ3n) is 2.06. The van der Waals surface area contributed by atoms with Gasteiger partial charge in [0.25, 0.3) is 0 Å². The lowest BCUT2D eigenvalue weighted by molar-refractivity contribution is 0.259. The third-order valence-corrected chi connectivity index (χ3v) is 4.38. The van der Waals surface area contributed by atoms with Gasteiger partial charge in [-0.05, 0) is 19.3 Å². The van der Waals surface area contributed by atoms with Crippen molar-refractivity contribution in [1.29, 1.82) is 0 Å². The van der Waals surface area contributed by atoms with Crippen LogP contribution in [0.4, 0.5) is 0 Å². The van der Waals surface area contributed by atoms with Crippen LogP contribution in [0.3, 0.4) is 0 Å². The van der Waals surface area contributed by atoms with Crippen molar-refractivity contribution in [2.24, 2.45) is 0 Å². The van der Waals surface area contributed by atoms with Gasteiger partial charge in [-0.25, -0.2) is 0 Å². The molecule has 0 fully saturated rings. The molecule has 0 aromatic carbocycles. The van der Waals surface area contributed by atoms with E-state index < -0.39 is 9.28 Å². The van der Waals surface area contributed by atoms with Gasteiger partial charge in [-0.3, -0.25) is 0 Å². The lowest BCUT2D eigenvalue weighted by atomic mass is 10.1. The monoisotopic (exact) mass is 223 g/mol. The second-order valence-electron chi connectivity index (χ2n) is 3.04. The fourth-order valence-corrected chi connectivity index (χ4v) is 3.42. The maximum atomic E-state index is 5.67. The molecule has 0 bridgehead atoms. The van der Waals surface area contributed by atoms with Crippen molar-refractivity contribution in [3.63, 3.8) is 0 Å². The summed E-state index contributed by atoms with van der Waals surface area (Å²) in [6, 6.07) is 0. The molecule has 2 nitrogen and oxygen atoms in total. The molecule has 13 heavy (non-hydrogen) atoms. The van der Waals surface area contributed by atoms with Crippen LogP contribution in [0, 0.1) is 0 Å². The van der Waals surface area contributed by atoms with Crippen molar-refractivity contribution in [2.75, 3.05) is 20.1 Å². The molecule has 0 aromatic heterocycles. The van der Waals surface area contributed by atoms with E-state index in [9.17, 15) is 0 Å². The number of rotatable bonds is 8.